The number of methoxy groups -OCH3 is 1. The number of aliphatic hydroxyl groups excluding tert-OH is 1. The van der Waals surface area contributed by atoms with Crippen LogP contribution in [-0.4, -0.2) is 29.8 Å². The van der Waals surface area contributed by atoms with Crippen LogP contribution in [0.4, 0.5) is 5.13 Å². The summed E-state index contributed by atoms with van der Waals surface area (Å²) in [6, 6.07) is 0.419. The molecule has 1 aromatic heterocycles. The molecule has 0 fully saturated rings. The smallest absolute Gasteiger partial charge is 0.186 e. The largest absolute Gasteiger partial charge is 0.391 e. The first kappa shape index (κ1) is 14.4. The Kier molecular flexibility index (Phi) is 5.88. The molecule has 5 heteroatoms. The van der Waals surface area contributed by atoms with E-state index in [0.717, 1.165) is 28.7 Å². The van der Waals surface area contributed by atoms with E-state index in [4.69, 9.17) is 4.74 Å². The van der Waals surface area contributed by atoms with E-state index in [1.807, 2.05) is 0 Å². The van der Waals surface area contributed by atoms with Crippen LogP contribution in [0.5, 0.6) is 0 Å². The predicted octanol–water partition coefficient (Wildman–Crippen LogP) is 2.41. The molecule has 1 N–H and O–H groups in total. The van der Waals surface area contributed by atoms with Crippen LogP contribution in [0.2, 0.25) is 0 Å². The number of aromatic nitrogens is 1. The molecule has 0 saturated heterocycles. The second-order valence-electron chi connectivity index (χ2n) is 4.24. The van der Waals surface area contributed by atoms with Crippen molar-refractivity contribution >= 4 is 16.5 Å². The van der Waals surface area contributed by atoms with Gasteiger partial charge in [-0.05, 0) is 20.3 Å². The molecule has 0 unspecified atom stereocenters. The van der Waals surface area contributed by atoms with Crippen LogP contribution in [0.1, 0.15) is 37.8 Å². The van der Waals surface area contributed by atoms with Gasteiger partial charge in [0.15, 0.2) is 5.13 Å². The lowest BCUT2D eigenvalue weighted by Crippen LogP contribution is -2.31. The zero-order chi connectivity index (χ0) is 12.8. The van der Waals surface area contributed by atoms with Gasteiger partial charge in [0.05, 0.1) is 23.8 Å². The lowest BCUT2D eigenvalue weighted by molar-refractivity contribution is 0.179. The maximum absolute atomic E-state index is 9.31. The van der Waals surface area contributed by atoms with Crippen LogP contribution >= 0.6 is 11.3 Å². The van der Waals surface area contributed by atoms with Gasteiger partial charge < -0.3 is 14.7 Å². The quantitative estimate of drug-likeness (QED) is 0.816. The normalized spacial score (nSPS) is 11.2. The van der Waals surface area contributed by atoms with Gasteiger partial charge in [-0.25, -0.2) is 4.98 Å². The number of anilines is 1. The van der Waals surface area contributed by atoms with Gasteiger partial charge in [0.2, 0.25) is 0 Å². The van der Waals surface area contributed by atoms with Gasteiger partial charge in [-0.2, -0.15) is 0 Å². The Labute approximate surface area is 107 Å². The number of rotatable bonds is 7. The van der Waals surface area contributed by atoms with Crippen molar-refractivity contribution in [2.75, 3.05) is 18.6 Å². The van der Waals surface area contributed by atoms with E-state index in [1.165, 1.54) is 0 Å². The fraction of sp³-hybridized carbons (Fsp3) is 0.750. The van der Waals surface area contributed by atoms with Crippen LogP contribution in [0.3, 0.4) is 0 Å². The second-order valence-corrected chi connectivity index (χ2v) is 5.31. The second kappa shape index (κ2) is 6.93. The summed E-state index contributed by atoms with van der Waals surface area (Å²) in [6.45, 7) is 7.96. The molecule has 0 aliphatic carbocycles. The van der Waals surface area contributed by atoms with Gasteiger partial charge in [-0.3, -0.25) is 0 Å². The summed E-state index contributed by atoms with van der Waals surface area (Å²) in [5.41, 5.74) is 0.858. The topological polar surface area (TPSA) is 45.6 Å². The minimum atomic E-state index is 0.0361. The van der Waals surface area contributed by atoms with E-state index >= 15 is 0 Å². The first-order chi connectivity index (χ1) is 8.13. The molecular weight excluding hydrogens is 236 g/mol. The molecule has 98 valence electrons. The van der Waals surface area contributed by atoms with Crippen molar-refractivity contribution in [3.63, 3.8) is 0 Å². The highest BCUT2D eigenvalue weighted by molar-refractivity contribution is 7.15. The molecule has 1 rings (SSSR count). The Morgan fingerprint density at radius 3 is 2.65 bits per heavy atom. The van der Waals surface area contributed by atoms with Crippen molar-refractivity contribution in [3.8, 4) is 0 Å². The Balaban J connectivity index is 2.95. The zero-order valence-electron chi connectivity index (χ0n) is 11.1. The Hall–Kier alpha value is -0.650. The summed E-state index contributed by atoms with van der Waals surface area (Å²) in [5.74, 6) is 0. The molecule has 0 aliphatic heterocycles. The Morgan fingerprint density at radius 2 is 2.18 bits per heavy atom. The molecule has 1 aromatic rings. The van der Waals surface area contributed by atoms with E-state index in [1.54, 1.807) is 18.4 Å². The number of ether oxygens (including phenoxy) is 1. The highest BCUT2D eigenvalue weighted by Crippen LogP contribution is 2.28. The van der Waals surface area contributed by atoms with Crippen LogP contribution < -0.4 is 4.90 Å². The van der Waals surface area contributed by atoms with Crippen molar-refractivity contribution in [1.29, 1.82) is 0 Å². The standard InChI is InChI=1S/C12H22N2O2S/c1-5-6-14(9(2)3)12-13-10(8-16-4)11(7-15)17-12/h9,15H,5-8H2,1-4H3. The highest BCUT2D eigenvalue weighted by Gasteiger charge is 2.17. The summed E-state index contributed by atoms with van der Waals surface area (Å²) in [6.07, 6.45) is 1.09. The minimum absolute atomic E-state index is 0.0361. The number of hydrogen-bond acceptors (Lipinski definition) is 5. The summed E-state index contributed by atoms with van der Waals surface area (Å²) >= 11 is 1.56. The molecule has 17 heavy (non-hydrogen) atoms. The van der Waals surface area contributed by atoms with E-state index in [-0.39, 0.29) is 6.61 Å². The fourth-order valence-electron chi connectivity index (χ4n) is 1.68. The summed E-state index contributed by atoms with van der Waals surface area (Å²) in [4.78, 5) is 7.74. The van der Waals surface area contributed by atoms with E-state index in [9.17, 15) is 5.11 Å². The third-order valence-corrected chi connectivity index (χ3v) is 3.64. The average Bonchev–Trinajstić information content (AvgIpc) is 2.69. The monoisotopic (exact) mass is 258 g/mol. The zero-order valence-corrected chi connectivity index (χ0v) is 11.9. The lowest BCUT2D eigenvalue weighted by atomic mass is 10.3. The molecule has 0 spiro atoms. The molecule has 0 bridgehead atoms. The predicted molar refractivity (Wildman–Crippen MR) is 71.5 cm³/mol. The molecule has 0 aromatic carbocycles. The van der Waals surface area contributed by atoms with Gasteiger partial charge in [0, 0.05) is 19.7 Å². The van der Waals surface area contributed by atoms with E-state index in [0.29, 0.717) is 12.6 Å². The molecular formula is C12H22N2O2S. The van der Waals surface area contributed by atoms with E-state index < -0.39 is 0 Å². The number of thiazole rings is 1. The Morgan fingerprint density at radius 1 is 1.47 bits per heavy atom. The van der Waals surface area contributed by atoms with Gasteiger partial charge in [0.25, 0.3) is 0 Å². The number of hydrogen-bond donors (Lipinski definition) is 1. The van der Waals surface area contributed by atoms with Crippen molar-refractivity contribution in [2.24, 2.45) is 0 Å². The van der Waals surface area contributed by atoms with Crippen LogP contribution in [0, 0.1) is 0 Å². The van der Waals surface area contributed by atoms with Crippen molar-refractivity contribution in [2.45, 2.75) is 46.4 Å². The Bertz CT molecular complexity index is 339. The SMILES string of the molecule is CCCN(c1nc(COC)c(CO)s1)C(C)C. The third kappa shape index (κ3) is 3.66. The van der Waals surface area contributed by atoms with Crippen LogP contribution in [0.15, 0.2) is 0 Å². The molecule has 0 radical (unpaired) electrons. The third-order valence-electron chi connectivity index (χ3n) is 2.53. The maximum Gasteiger partial charge on any atom is 0.186 e. The summed E-state index contributed by atoms with van der Waals surface area (Å²) in [5, 5.41) is 10.3. The molecule has 0 aliphatic rings. The van der Waals surface area contributed by atoms with Gasteiger partial charge in [-0.15, -0.1) is 0 Å². The van der Waals surface area contributed by atoms with Crippen LogP contribution in [0.25, 0.3) is 0 Å². The molecule has 0 amide bonds. The van der Waals surface area contributed by atoms with Gasteiger partial charge in [0.1, 0.15) is 0 Å². The van der Waals surface area contributed by atoms with Gasteiger partial charge in [-0.1, -0.05) is 18.3 Å². The average molecular weight is 258 g/mol. The lowest BCUT2D eigenvalue weighted by Gasteiger charge is -2.25. The van der Waals surface area contributed by atoms with Crippen LogP contribution in [-0.2, 0) is 18.0 Å². The summed E-state index contributed by atoms with van der Waals surface area (Å²) in [7, 11) is 1.65. The number of aliphatic hydroxyl groups is 1. The molecule has 0 saturated carbocycles. The first-order valence-corrected chi connectivity index (χ1v) is 6.80. The number of nitrogens with zero attached hydrogens (tertiary/aromatic N) is 2. The van der Waals surface area contributed by atoms with Gasteiger partial charge >= 0.3 is 0 Å². The van der Waals surface area contributed by atoms with E-state index in [2.05, 4.69) is 30.7 Å². The molecule has 4 nitrogen and oxygen atoms in total. The molecule has 0 atom stereocenters. The first-order valence-electron chi connectivity index (χ1n) is 5.99. The fourth-order valence-corrected chi connectivity index (χ4v) is 2.76. The minimum Gasteiger partial charge on any atom is -0.391 e. The molecule has 1 heterocycles. The summed E-state index contributed by atoms with van der Waals surface area (Å²) < 4.78 is 5.10. The van der Waals surface area contributed by atoms with Crippen molar-refractivity contribution in [3.05, 3.63) is 10.6 Å². The highest BCUT2D eigenvalue weighted by atomic mass is 32.1. The van der Waals surface area contributed by atoms with Crippen molar-refractivity contribution in [1.82, 2.24) is 4.98 Å². The van der Waals surface area contributed by atoms with Crippen molar-refractivity contribution < 1.29 is 9.84 Å². The maximum atomic E-state index is 9.31.